The van der Waals surface area contributed by atoms with E-state index in [1.54, 1.807) is 12.1 Å². The molecule has 0 aliphatic heterocycles. The van der Waals surface area contributed by atoms with Crippen molar-refractivity contribution in [3.63, 3.8) is 0 Å². The van der Waals surface area contributed by atoms with Crippen molar-refractivity contribution in [2.75, 3.05) is 6.61 Å². The van der Waals surface area contributed by atoms with Crippen molar-refractivity contribution >= 4 is 0 Å². The van der Waals surface area contributed by atoms with Gasteiger partial charge in [-0.2, -0.15) is 0 Å². The van der Waals surface area contributed by atoms with Gasteiger partial charge in [-0.3, -0.25) is 0 Å². The molecule has 0 aliphatic carbocycles. The van der Waals surface area contributed by atoms with Gasteiger partial charge >= 0.3 is 0 Å². The van der Waals surface area contributed by atoms with Crippen LogP contribution in [0.5, 0.6) is 5.75 Å². The molecule has 0 aromatic heterocycles. The third-order valence-corrected chi connectivity index (χ3v) is 3.11. The molecule has 0 amide bonds. The van der Waals surface area contributed by atoms with E-state index in [9.17, 15) is 4.39 Å². The molecule has 0 atom stereocenters. The van der Waals surface area contributed by atoms with Crippen LogP contribution in [-0.2, 0) is 13.0 Å². The Balaban J connectivity index is 2.02. The van der Waals surface area contributed by atoms with Crippen molar-refractivity contribution < 1.29 is 14.2 Å². The van der Waals surface area contributed by atoms with Gasteiger partial charge in [-0.05, 0) is 42.2 Å². The Labute approximate surface area is 124 Å². The van der Waals surface area contributed by atoms with Crippen molar-refractivity contribution in [1.82, 2.24) is 0 Å². The van der Waals surface area contributed by atoms with Gasteiger partial charge in [0.15, 0.2) is 0 Å². The van der Waals surface area contributed by atoms with E-state index in [1.807, 2.05) is 36.4 Å². The number of hydrogen-bond donors (Lipinski definition) is 1. The molecule has 0 saturated heterocycles. The minimum atomic E-state index is -0.261. The standard InChI is InChI=1S/C18H19FO2/c19-17-10-11-18(16(13-17)9-5-2-6-12-20)21-14-15-7-3-1-4-8-15/h1-4,6-8,10-11,13,20H,5,9,12,14H2/b6-2+. The number of aliphatic hydroxyl groups excluding tert-OH is 1. The van der Waals surface area contributed by atoms with E-state index < -0.39 is 0 Å². The molecule has 110 valence electrons. The minimum absolute atomic E-state index is 0.0283. The fourth-order valence-electron chi connectivity index (χ4n) is 2.05. The molecule has 0 radical (unpaired) electrons. The lowest BCUT2D eigenvalue weighted by Crippen LogP contribution is -1.99. The van der Waals surface area contributed by atoms with E-state index >= 15 is 0 Å². The normalized spacial score (nSPS) is 11.0. The van der Waals surface area contributed by atoms with Gasteiger partial charge in [-0.15, -0.1) is 0 Å². The summed E-state index contributed by atoms with van der Waals surface area (Å²) in [6, 6.07) is 14.5. The predicted molar refractivity (Wildman–Crippen MR) is 81.7 cm³/mol. The highest BCUT2D eigenvalue weighted by Crippen LogP contribution is 2.22. The van der Waals surface area contributed by atoms with E-state index in [2.05, 4.69) is 0 Å². The molecule has 0 bridgehead atoms. The molecular weight excluding hydrogens is 267 g/mol. The number of rotatable bonds is 7. The molecule has 2 aromatic carbocycles. The van der Waals surface area contributed by atoms with Crippen LogP contribution in [0.3, 0.4) is 0 Å². The van der Waals surface area contributed by atoms with E-state index in [4.69, 9.17) is 9.84 Å². The lowest BCUT2D eigenvalue weighted by Gasteiger charge is -2.11. The fraction of sp³-hybridized carbons (Fsp3) is 0.222. The van der Waals surface area contributed by atoms with Gasteiger partial charge in [0.2, 0.25) is 0 Å². The number of hydrogen-bond acceptors (Lipinski definition) is 2. The molecule has 0 unspecified atom stereocenters. The second-order valence-electron chi connectivity index (χ2n) is 4.72. The summed E-state index contributed by atoms with van der Waals surface area (Å²) in [5.74, 6) is 0.445. The number of halogens is 1. The van der Waals surface area contributed by atoms with Crippen LogP contribution < -0.4 is 4.74 Å². The first-order valence-electron chi connectivity index (χ1n) is 7.00. The lowest BCUT2D eigenvalue weighted by molar-refractivity contribution is 0.302. The summed E-state index contributed by atoms with van der Waals surface area (Å²) in [6.07, 6.45) is 4.99. The third-order valence-electron chi connectivity index (χ3n) is 3.11. The number of benzene rings is 2. The number of ether oxygens (including phenoxy) is 1. The predicted octanol–water partition coefficient (Wildman–Crippen LogP) is 3.89. The zero-order valence-corrected chi connectivity index (χ0v) is 11.8. The van der Waals surface area contributed by atoms with Crippen LogP contribution in [0.2, 0.25) is 0 Å². The van der Waals surface area contributed by atoms with Crippen molar-refractivity contribution in [3.8, 4) is 5.75 Å². The largest absolute Gasteiger partial charge is 0.489 e. The SMILES string of the molecule is OC/C=C/CCc1cc(F)ccc1OCc1ccccc1. The smallest absolute Gasteiger partial charge is 0.123 e. The number of aliphatic hydroxyl groups is 1. The summed E-state index contributed by atoms with van der Waals surface area (Å²) < 4.78 is 19.2. The maximum absolute atomic E-state index is 13.4. The van der Waals surface area contributed by atoms with Gasteiger partial charge in [0, 0.05) is 0 Å². The topological polar surface area (TPSA) is 29.5 Å². The molecule has 0 heterocycles. The molecule has 21 heavy (non-hydrogen) atoms. The van der Waals surface area contributed by atoms with Crippen molar-refractivity contribution in [1.29, 1.82) is 0 Å². The summed E-state index contributed by atoms with van der Waals surface area (Å²) in [5, 5.41) is 8.70. The maximum Gasteiger partial charge on any atom is 0.123 e. The molecule has 1 N–H and O–H groups in total. The van der Waals surface area contributed by atoms with E-state index in [1.165, 1.54) is 12.1 Å². The average molecular weight is 286 g/mol. The van der Waals surface area contributed by atoms with Crippen LogP contribution in [0.15, 0.2) is 60.7 Å². The highest BCUT2D eigenvalue weighted by atomic mass is 19.1. The van der Waals surface area contributed by atoms with Crippen LogP contribution in [0.25, 0.3) is 0 Å². The molecule has 3 heteroatoms. The summed E-state index contributed by atoms with van der Waals surface area (Å²) in [4.78, 5) is 0. The Hall–Kier alpha value is -2.13. The molecule has 0 aliphatic rings. The first-order valence-corrected chi connectivity index (χ1v) is 7.00. The quantitative estimate of drug-likeness (QED) is 0.783. The molecule has 0 spiro atoms. The van der Waals surface area contributed by atoms with Crippen molar-refractivity contribution in [2.45, 2.75) is 19.4 Å². The second kappa shape index (κ2) is 8.22. The van der Waals surface area contributed by atoms with Gasteiger partial charge in [0.05, 0.1) is 6.61 Å². The van der Waals surface area contributed by atoms with Crippen LogP contribution >= 0.6 is 0 Å². The molecule has 2 rings (SSSR count). The minimum Gasteiger partial charge on any atom is -0.489 e. The fourth-order valence-corrected chi connectivity index (χ4v) is 2.05. The van der Waals surface area contributed by atoms with Crippen LogP contribution in [0, 0.1) is 5.82 Å². The zero-order chi connectivity index (χ0) is 14.9. The van der Waals surface area contributed by atoms with Crippen molar-refractivity contribution in [3.05, 3.63) is 77.6 Å². The van der Waals surface area contributed by atoms with E-state index in [-0.39, 0.29) is 12.4 Å². The van der Waals surface area contributed by atoms with E-state index in [0.717, 1.165) is 17.5 Å². The summed E-state index contributed by atoms with van der Waals surface area (Å²) >= 11 is 0. The van der Waals surface area contributed by atoms with Gasteiger partial charge in [-0.25, -0.2) is 4.39 Å². The van der Waals surface area contributed by atoms with Crippen LogP contribution in [0.1, 0.15) is 17.5 Å². The highest BCUT2D eigenvalue weighted by Gasteiger charge is 2.05. The van der Waals surface area contributed by atoms with Crippen molar-refractivity contribution in [2.24, 2.45) is 0 Å². The zero-order valence-electron chi connectivity index (χ0n) is 11.8. The van der Waals surface area contributed by atoms with Crippen LogP contribution in [0.4, 0.5) is 4.39 Å². The van der Waals surface area contributed by atoms with Gasteiger partial charge < -0.3 is 9.84 Å². The molecule has 2 aromatic rings. The Morgan fingerprint density at radius 2 is 1.86 bits per heavy atom. The summed E-state index contributed by atoms with van der Waals surface area (Å²) in [6.45, 7) is 0.493. The Morgan fingerprint density at radius 1 is 1.05 bits per heavy atom. The molecule has 2 nitrogen and oxygen atoms in total. The molecular formula is C18H19FO2. The summed E-state index contributed by atoms with van der Waals surface area (Å²) in [7, 11) is 0. The maximum atomic E-state index is 13.4. The third kappa shape index (κ3) is 5.04. The Kier molecular flexibility index (Phi) is 5.98. The number of allylic oxidation sites excluding steroid dienone is 1. The van der Waals surface area contributed by atoms with Gasteiger partial charge in [-0.1, -0.05) is 42.5 Å². The first kappa shape index (κ1) is 15.3. The van der Waals surface area contributed by atoms with Crippen LogP contribution in [-0.4, -0.2) is 11.7 Å². The number of aryl methyl sites for hydroxylation is 1. The lowest BCUT2D eigenvalue weighted by atomic mass is 10.1. The van der Waals surface area contributed by atoms with Gasteiger partial charge in [0.1, 0.15) is 18.2 Å². The Bertz CT molecular complexity index is 579. The molecule has 0 fully saturated rings. The monoisotopic (exact) mass is 286 g/mol. The first-order chi connectivity index (χ1) is 10.3. The van der Waals surface area contributed by atoms with Gasteiger partial charge in [0.25, 0.3) is 0 Å². The highest BCUT2D eigenvalue weighted by molar-refractivity contribution is 5.34. The van der Waals surface area contributed by atoms with E-state index in [0.29, 0.717) is 18.8 Å². The Morgan fingerprint density at radius 3 is 2.62 bits per heavy atom. The summed E-state index contributed by atoms with van der Waals surface area (Å²) in [5.41, 5.74) is 1.92. The molecule has 0 saturated carbocycles. The average Bonchev–Trinajstić information content (AvgIpc) is 2.52. The second-order valence-corrected chi connectivity index (χ2v) is 4.72.